The van der Waals surface area contributed by atoms with Crippen molar-refractivity contribution in [3.05, 3.63) is 72.1 Å². The topological polar surface area (TPSA) is 92.2 Å². The number of aliphatic carboxylic acids is 1. The molecule has 1 N–H and O–H groups in total. The number of hydrazine groups is 1. The maximum atomic E-state index is 13.6. The number of fused-ring (bicyclic) bond motifs is 1. The zero-order chi connectivity index (χ0) is 27.0. The van der Waals surface area contributed by atoms with Gasteiger partial charge in [-0.25, -0.2) is 19.4 Å². The number of ether oxygens (including phenoxy) is 1. The fourth-order valence-electron chi connectivity index (χ4n) is 4.09. The number of pyridine rings is 1. The monoisotopic (exact) mass is 505 g/mol. The molecule has 1 saturated carbocycles. The number of hydrogen-bond donors (Lipinski definition) is 1. The third-order valence-electron chi connectivity index (χ3n) is 5.75. The number of hydrogen-bond acceptors (Lipinski definition) is 6. The molecule has 1 heterocycles. The molecule has 3 aromatic rings. The van der Waals surface area contributed by atoms with Crippen LogP contribution in [-0.2, 0) is 14.4 Å². The van der Waals surface area contributed by atoms with Gasteiger partial charge in [-0.15, -0.1) is 0 Å². The quantitative estimate of drug-likeness (QED) is 0.360. The van der Waals surface area contributed by atoms with Crippen molar-refractivity contribution in [1.82, 2.24) is 10.2 Å². The SMILES string of the molecule is CC(C)(C)OC(=O)N(OC(C)(C)C)N(c1ccc2cnccc2c1)C(C(=O)O)c1cccc(C2CC2)c1. The van der Waals surface area contributed by atoms with Crippen molar-refractivity contribution in [1.29, 1.82) is 0 Å². The molecule has 1 amide bonds. The van der Waals surface area contributed by atoms with Crippen molar-refractivity contribution < 1.29 is 24.3 Å². The van der Waals surface area contributed by atoms with Gasteiger partial charge in [-0.05, 0) is 95.0 Å². The predicted molar refractivity (Wildman–Crippen MR) is 142 cm³/mol. The van der Waals surface area contributed by atoms with E-state index in [4.69, 9.17) is 9.57 Å². The second kappa shape index (κ2) is 10.0. The number of carbonyl (C=O) groups excluding carboxylic acids is 1. The Bertz CT molecular complexity index is 1290. The van der Waals surface area contributed by atoms with Crippen LogP contribution in [0.4, 0.5) is 10.5 Å². The lowest BCUT2D eigenvalue weighted by Gasteiger charge is -2.41. The molecule has 8 heteroatoms. The van der Waals surface area contributed by atoms with E-state index < -0.39 is 29.3 Å². The van der Waals surface area contributed by atoms with Crippen LogP contribution < -0.4 is 5.01 Å². The summed E-state index contributed by atoms with van der Waals surface area (Å²) in [6.07, 6.45) is 4.75. The third kappa shape index (κ3) is 6.57. The van der Waals surface area contributed by atoms with Gasteiger partial charge in [-0.2, -0.15) is 0 Å². The summed E-state index contributed by atoms with van der Waals surface area (Å²) in [5.41, 5.74) is 0.418. The first-order valence-corrected chi connectivity index (χ1v) is 12.5. The lowest BCUT2D eigenvalue weighted by molar-refractivity contribution is -0.221. The van der Waals surface area contributed by atoms with Gasteiger partial charge in [0, 0.05) is 17.8 Å². The summed E-state index contributed by atoms with van der Waals surface area (Å²) in [5.74, 6) is -0.697. The largest absolute Gasteiger partial charge is 0.479 e. The van der Waals surface area contributed by atoms with Gasteiger partial charge in [-0.1, -0.05) is 35.5 Å². The highest BCUT2D eigenvalue weighted by molar-refractivity contribution is 5.88. The molecule has 4 rings (SSSR count). The lowest BCUT2D eigenvalue weighted by atomic mass is 10.0. The standard InChI is InChI=1S/C29H35N3O5/c1-28(2,3)36-27(35)32(37-29(4,5)6)31(24-13-12-23-18-30-15-14-21(23)17-24)25(26(33)34)22-9-7-8-20(16-22)19-10-11-19/h7-9,12-19,25H,10-11H2,1-6H3,(H,33,34). The van der Waals surface area contributed by atoms with Gasteiger partial charge < -0.3 is 9.84 Å². The van der Waals surface area contributed by atoms with Crippen LogP contribution in [0.15, 0.2) is 60.9 Å². The summed E-state index contributed by atoms with van der Waals surface area (Å²) < 4.78 is 5.69. The van der Waals surface area contributed by atoms with E-state index in [9.17, 15) is 14.7 Å². The molecule has 196 valence electrons. The number of benzene rings is 2. The molecule has 37 heavy (non-hydrogen) atoms. The van der Waals surface area contributed by atoms with Gasteiger partial charge in [0.15, 0.2) is 6.04 Å². The Morgan fingerprint density at radius 1 is 0.973 bits per heavy atom. The molecule has 1 atom stereocenters. The van der Waals surface area contributed by atoms with E-state index >= 15 is 0 Å². The van der Waals surface area contributed by atoms with Crippen LogP contribution in [0.25, 0.3) is 10.8 Å². The second-order valence-electron chi connectivity index (χ2n) is 11.4. The average molecular weight is 506 g/mol. The number of carboxylic acid groups (broad SMARTS) is 1. The van der Waals surface area contributed by atoms with E-state index in [2.05, 4.69) is 4.98 Å². The van der Waals surface area contributed by atoms with Crippen molar-refractivity contribution >= 4 is 28.5 Å². The molecule has 0 aliphatic heterocycles. The van der Waals surface area contributed by atoms with Crippen LogP contribution in [-0.4, -0.2) is 38.5 Å². The van der Waals surface area contributed by atoms with Gasteiger partial charge in [0.2, 0.25) is 0 Å². The van der Waals surface area contributed by atoms with E-state index in [1.54, 1.807) is 66.1 Å². The molecule has 8 nitrogen and oxygen atoms in total. The number of aromatic nitrogens is 1. The molecular formula is C29H35N3O5. The minimum atomic E-state index is -1.27. The van der Waals surface area contributed by atoms with Gasteiger partial charge in [0.1, 0.15) is 5.60 Å². The molecule has 1 unspecified atom stereocenters. The summed E-state index contributed by atoms with van der Waals surface area (Å²) in [5, 5.41) is 14.6. The van der Waals surface area contributed by atoms with Crippen molar-refractivity contribution in [2.75, 3.05) is 5.01 Å². The van der Waals surface area contributed by atoms with Gasteiger partial charge in [-0.3, -0.25) is 4.98 Å². The molecule has 1 fully saturated rings. The lowest BCUT2D eigenvalue weighted by Crippen LogP contribution is -2.54. The normalized spacial score (nSPS) is 14.8. The molecule has 1 aromatic heterocycles. The summed E-state index contributed by atoms with van der Waals surface area (Å²) in [6, 6.07) is 13.6. The van der Waals surface area contributed by atoms with E-state index in [0.29, 0.717) is 17.2 Å². The highest BCUT2D eigenvalue weighted by atomic mass is 16.8. The molecule has 0 spiro atoms. The van der Waals surface area contributed by atoms with Crippen LogP contribution in [0.3, 0.4) is 0 Å². The van der Waals surface area contributed by atoms with Gasteiger partial charge in [0.05, 0.1) is 11.3 Å². The Hall–Kier alpha value is -3.65. The third-order valence-corrected chi connectivity index (χ3v) is 5.75. The Balaban J connectivity index is 1.91. The average Bonchev–Trinajstić information content (AvgIpc) is 3.64. The predicted octanol–water partition coefficient (Wildman–Crippen LogP) is 6.63. The maximum Gasteiger partial charge on any atom is 0.454 e. The summed E-state index contributed by atoms with van der Waals surface area (Å²) >= 11 is 0. The van der Waals surface area contributed by atoms with E-state index in [-0.39, 0.29) is 0 Å². The number of hydroxylamine groups is 1. The highest BCUT2D eigenvalue weighted by Crippen LogP contribution is 2.42. The van der Waals surface area contributed by atoms with Crippen LogP contribution in [0.1, 0.15) is 77.5 Å². The molecular weight excluding hydrogens is 470 g/mol. The number of amides is 1. The maximum absolute atomic E-state index is 13.6. The van der Waals surface area contributed by atoms with E-state index in [1.165, 1.54) is 5.01 Å². The first-order chi connectivity index (χ1) is 17.3. The van der Waals surface area contributed by atoms with Crippen molar-refractivity contribution in [2.24, 2.45) is 0 Å². The number of anilines is 1. The fraction of sp³-hybridized carbons (Fsp3) is 0.414. The Morgan fingerprint density at radius 3 is 2.32 bits per heavy atom. The molecule has 0 saturated heterocycles. The molecule has 1 aliphatic rings. The number of carboxylic acids is 1. The Labute approximate surface area is 217 Å². The first kappa shape index (κ1) is 26.4. The van der Waals surface area contributed by atoms with Crippen LogP contribution in [0, 0.1) is 0 Å². The minimum absolute atomic E-state index is 0.434. The van der Waals surface area contributed by atoms with Crippen LogP contribution >= 0.6 is 0 Å². The summed E-state index contributed by atoms with van der Waals surface area (Å²) in [7, 11) is 0. The fourth-order valence-corrected chi connectivity index (χ4v) is 4.09. The van der Waals surface area contributed by atoms with Crippen LogP contribution in [0.2, 0.25) is 0 Å². The number of nitrogens with zero attached hydrogens (tertiary/aromatic N) is 3. The second-order valence-corrected chi connectivity index (χ2v) is 11.4. The van der Waals surface area contributed by atoms with Crippen molar-refractivity contribution in [3.63, 3.8) is 0 Å². The molecule has 2 aromatic carbocycles. The molecule has 0 bridgehead atoms. The zero-order valence-electron chi connectivity index (χ0n) is 22.3. The summed E-state index contributed by atoms with van der Waals surface area (Å²) in [6.45, 7) is 10.6. The smallest absolute Gasteiger partial charge is 0.454 e. The van der Waals surface area contributed by atoms with E-state index in [0.717, 1.165) is 34.3 Å². The number of rotatable bonds is 7. The van der Waals surface area contributed by atoms with Crippen molar-refractivity contribution in [2.45, 2.75) is 77.5 Å². The molecule has 1 aliphatic carbocycles. The van der Waals surface area contributed by atoms with Gasteiger partial charge in [0.25, 0.3) is 0 Å². The molecule has 0 radical (unpaired) electrons. The Morgan fingerprint density at radius 2 is 1.70 bits per heavy atom. The van der Waals surface area contributed by atoms with E-state index in [1.807, 2.05) is 36.4 Å². The zero-order valence-corrected chi connectivity index (χ0v) is 22.3. The van der Waals surface area contributed by atoms with Crippen molar-refractivity contribution in [3.8, 4) is 0 Å². The summed E-state index contributed by atoms with van der Waals surface area (Å²) in [4.78, 5) is 36.9. The Kier molecular flexibility index (Phi) is 7.15. The highest BCUT2D eigenvalue weighted by Gasteiger charge is 2.40. The number of carbonyl (C=O) groups is 2. The van der Waals surface area contributed by atoms with Crippen LogP contribution in [0.5, 0.6) is 0 Å². The van der Waals surface area contributed by atoms with Gasteiger partial charge >= 0.3 is 12.1 Å². The first-order valence-electron chi connectivity index (χ1n) is 12.5. The minimum Gasteiger partial charge on any atom is -0.479 e.